The second kappa shape index (κ2) is 10.6. The van der Waals surface area contributed by atoms with Crippen molar-refractivity contribution in [2.45, 2.75) is 44.2 Å². The Balaban J connectivity index is 1.40. The Labute approximate surface area is 199 Å². The standard InChI is InChI=1S/C24H33N5O3S/c1-3-32-18-6-4-17(5-7-18)22(30)28-20(9-15-33-2)23(31)29-13-10-24(11-14-29)21-19(8-12-27-24)25-16-26-21/h4-7,16,20,27H,3,8-15H2,1-2H3,(H,25,26)(H,28,30)/t20-/m0/s1. The maximum atomic E-state index is 13.4. The van der Waals surface area contributed by atoms with E-state index in [1.165, 1.54) is 5.69 Å². The van der Waals surface area contributed by atoms with Crippen molar-refractivity contribution in [3.05, 3.63) is 47.5 Å². The lowest BCUT2D eigenvalue weighted by Crippen LogP contribution is -2.57. The number of rotatable bonds is 8. The van der Waals surface area contributed by atoms with E-state index in [0.717, 1.165) is 43.0 Å². The number of nitrogens with zero attached hydrogens (tertiary/aromatic N) is 2. The summed E-state index contributed by atoms with van der Waals surface area (Å²) in [6.07, 6.45) is 6.97. The molecule has 1 aromatic carbocycles. The summed E-state index contributed by atoms with van der Waals surface area (Å²) in [7, 11) is 0. The molecule has 4 rings (SSSR count). The molecule has 2 aliphatic heterocycles. The maximum absolute atomic E-state index is 13.4. The largest absolute Gasteiger partial charge is 0.494 e. The zero-order valence-electron chi connectivity index (χ0n) is 19.4. The molecule has 0 bridgehead atoms. The second-order valence-electron chi connectivity index (χ2n) is 8.58. The summed E-state index contributed by atoms with van der Waals surface area (Å²) in [6.45, 7) is 4.70. The molecule has 0 saturated carbocycles. The number of hydrogen-bond donors (Lipinski definition) is 3. The molecule has 3 heterocycles. The van der Waals surface area contributed by atoms with Gasteiger partial charge in [0.2, 0.25) is 5.91 Å². The summed E-state index contributed by atoms with van der Waals surface area (Å²) in [6, 6.07) is 6.49. The highest BCUT2D eigenvalue weighted by Gasteiger charge is 2.42. The topological polar surface area (TPSA) is 99.4 Å². The zero-order chi connectivity index (χ0) is 23.3. The summed E-state index contributed by atoms with van der Waals surface area (Å²) < 4.78 is 5.45. The van der Waals surface area contributed by atoms with Crippen LogP contribution in [0.3, 0.4) is 0 Å². The number of piperidine rings is 1. The maximum Gasteiger partial charge on any atom is 0.251 e. The van der Waals surface area contributed by atoms with Gasteiger partial charge in [0, 0.05) is 37.3 Å². The van der Waals surface area contributed by atoms with Crippen LogP contribution in [0.4, 0.5) is 0 Å². The molecule has 3 N–H and O–H groups in total. The van der Waals surface area contributed by atoms with E-state index in [1.54, 1.807) is 42.4 Å². The number of nitrogens with one attached hydrogen (secondary N) is 3. The highest BCUT2D eigenvalue weighted by atomic mass is 32.2. The van der Waals surface area contributed by atoms with Gasteiger partial charge in [-0.2, -0.15) is 11.8 Å². The average molecular weight is 472 g/mol. The van der Waals surface area contributed by atoms with Gasteiger partial charge in [-0.15, -0.1) is 0 Å². The van der Waals surface area contributed by atoms with Crippen LogP contribution in [0.5, 0.6) is 5.75 Å². The van der Waals surface area contributed by atoms with Gasteiger partial charge >= 0.3 is 0 Å². The number of carbonyl (C=O) groups excluding carboxylic acids is 2. The van der Waals surface area contributed by atoms with Crippen LogP contribution in [0, 0.1) is 0 Å². The van der Waals surface area contributed by atoms with E-state index in [0.29, 0.717) is 31.7 Å². The van der Waals surface area contributed by atoms with E-state index in [1.807, 2.05) is 18.1 Å². The lowest BCUT2D eigenvalue weighted by Gasteiger charge is -2.44. The number of fused-ring (bicyclic) bond motifs is 2. The monoisotopic (exact) mass is 471 g/mol. The molecule has 1 spiro atoms. The smallest absolute Gasteiger partial charge is 0.251 e. The fraction of sp³-hybridized carbons (Fsp3) is 0.542. The van der Waals surface area contributed by atoms with Crippen molar-refractivity contribution in [2.24, 2.45) is 0 Å². The van der Waals surface area contributed by atoms with Gasteiger partial charge in [0.1, 0.15) is 11.8 Å². The van der Waals surface area contributed by atoms with Crippen molar-refractivity contribution in [1.82, 2.24) is 25.5 Å². The Morgan fingerprint density at radius 1 is 1.27 bits per heavy atom. The number of imidazole rings is 1. The van der Waals surface area contributed by atoms with Crippen molar-refractivity contribution in [1.29, 1.82) is 0 Å². The lowest BCUT2D eigenvalue weighted by atomic mass is 9.80. The molecule has 33 heavy (non-hydrogen) atoms. The number of likely N-dealkylation sites (tertiary alicyclic amines) is 1. The van der Waals surface area contributed by atoms with Crippen LogP contribution in [0.15, 0.2) is 30.6 Å². The van der Waals surface area contributed by atoms with Crippen LogP contribution >= 0.6 is 11.8 Å². The number of ether oxygens (including phenoxy) is 1. The molecule has 178 valence electrons. The fourth-order valence-electron chi connectivity index (χ4n) is 4.78. The average Bonchev–Trinajstić information content (AvgIpc) is 3.33. The molecular weight excluding hydrogens is 438 g/mol. The molecule has 0 radical (unpaired) electrons. The first-order valence-corrected chi connectivity index (χ1v) is 13.0. The Morgan fingerprint density at radius 3 is 2.73 bits per heavy atom. The molecule has 0 unspecified atom stereocenters. The number of aromatic amines is 1. The Hall–Kier alpha value is -2.52. The minimum atomic E-state index is -0.536. The van der Waals surface area contributed by atoms with Crippen molar-refractivity contribution in [3.8, 4) is 5.75 Å². The van der Waals surface area contributed by atoms with Gasteiger partial charge in [0.25, 0.3) is 5.91 Å². The number of hydrogen-bond acceptors (Lipinski definition) is 6. The van der Waals surface area contributed by atoms with Crippen LogP contribution < -0.4 is 15.4 Å². The van der Waals surface area contributed by atoms with Gasteiger partial charge in [-0.25, -0.2) is 4.98 Å². The second-order valence-corrected chi connectivity index (χ2v) is 9.56. The molecule has 9 heteroatoms. The number of amides is 2. The Morgan fingerprint density at radius 2 is 2.03 bits per heavy atom. The van der Waals surface area contributed by atoms with Crippen molar-refractivity contribution in [3.63, 3.8) is 0 Å². The van der Waals surface area contributed by atoms with Crippen molar-refractivity contribution in [2.75, 3.05) is 38.2 Å². The summed E-state index contributed by atoms with van der Waals surface area (Å²) in [4.78, 5) is 36.0. The number of H-pyrrole nitrogens is 1. The first kappa shape index (κ1) is 23.6. The molecule has 1 saturated heterocycles. The van der Waals surface area contributed by atoms with Gasteiger partial charge in [0.05, 0.1) is 24.2 Å². The summed E-state index contributed by atoms with van der Waals surface area (Å²) in [5, 5.41) is 6.65. The molecule has 1 fully saturated rings. The Kier molecular flexibility index (Phi) is 7.60. The molecule has 2 amide bonds. The van der Waals surface area contributed by atoms with Gasteiger partial charge in [-0.05, 0) is 62.5 Å². The Bertz CT molecular complexity index is 953. The lowest BCUT2D eigenvalue weighted by molar-refractivity contribution is -0.135. The minimum Gasteiger partial charge on any atom is -0.494 e. The van der Waals surface area contributed by atoms with Crippen LogP contribution in [0.25, 0.3) is 0 Å². The first-order chi connectivity index (χ1) is 16.1. The highest BCUT2D eigenvalue weighted by Crippen LogP contribution is 2.36. The van der Waals surface area contributed by atoms with E-state index in [-0.39, 0.29) is 17.4 Å². The van der Waals surface area contributed by atoms with E-state index in [2.05, 4.69) is 20.6 Å². The van der Waals surface area contributed by atoms with Crippen LogP contribution in [0.2, 0.25) is 0 Å². The van der Waals surface area contributed by atoms with Gasteiger partial charge in [-0.1, -0.05) is 0 Å². The molecule has 2 aliphatic rings. The third-order valence-electron chi connectivity index (χ3n) is 6.58. The quantitative estimate of drug-likeness (QED) is 0.547. The predicted octanol–water partition coefficient (Wildman–Crippen LogP) is 2.32. The number of carbonyl (C=O) groups is 2. The van der Waals surface area contributed by atoms with E-state index < -0.39 is 6.04 Å². The molecule has 8 nitrogen and oxygen atoms in total. The van der Waals surface area contributed by atoms with E-state index in [9.17, 15) is 9.59 Å². The molecule has 0 aliphatic carbocycles. The van der Waals surface area contributed by atoms with Gasteiger partial charge in [0.15, 0.2) is 0 Å². The third-order valence-corrected chi connectivity index (χ3v) is 7.22. The van der Waals surface area contributed by atoms with E-state index >= 15 is 0 Å². The van der Waals surface area contributed by atoms with Crippen molar-refractivity contribution >= 4 is 23.6 Å². The fourth-order valence-corrected chi connectivity index (χ4v) is 5.25. The normalized spacial score (nSPS) is 17.9. The van der Waals surface area contributed by atoms with Crippen LogP contribution in [-0.2, 0) is 16.8 Å². The zero-order valence-corrected chi connectivity index (χ0v) is 20.2. The molecule has 1 aromatic heterocycles. The number of thioether (sulfide) groups is 1. The first-order valence-electron chi connectivity index (χ1n) is 11.7. The highest BCUT2D eigenvalue weighted by molar-refractivity contribution is 7.98. The third kappa shape index (κ3) is 5.19. The van der Waals surface area contributed by atoms with E-state index in [4.69, 9.17) is 4.74 Å². The number of aromatic nitrogens is 2. The SMILES string of the molecule is CCOc1ccc(C(=O)N[C@@H](CCSC)C(=O)N2CCC3(CC2)NCCc2[nH]cnc23)cc1. The van der Waals surface area contributed by atoms with Crippen LogP contribution in [-0.4, -0.2) is 71.0 Å². The summed E-state index contributed by atoms with van der Waals surface area (Å²) in [5.41, 5.74) is 2.66. The van der Waals surface area contributed by atoms with Gasteiger partial charge in [-0.3, -0.25) is 9.59 Å². The van der Waals surface area contributed by atoms with Crippen LogP contribution in [0.1, 0.15) is 47.9 Å². The van der Waals surface area contributed by atoms with Crippen molar-refractivity contribution < 1.29 is 14.3 Å². The minimum absolute atomic E-state index is 0.00347. The molecule has 1 atom stereocenters. The summed E-state index contributed by atoms with van der Waals surface area (Å²) >= 11 is 1.67. The molecule has 2 aromatic rings. The number of benzene rings is 1. The predicted molar refractivity (Wildman–Crippen MR) is 130 cm³/mol. The van der Waals surface area contributed by atoms with Gasteiger partial charge < -0.3 is 25.3 Å². The summed E-state index contributed by atoms with van der Waals surface area (Å²) in [5.74, 6) is 1.29. The molecular formula is C24H33N5O3S.